The standard InChI is InChI=1S/C24H24ClN3O/c1-24(2,3)13-12-16-4-10-20-21(14-16)27-23(26-20)17-5-11-22(29)28(15-17)19-8-6-18(25)7-9-19/h4-11,14-15H,12-13H2,1-3H3,(H,26,27). The molecule has 2 aromatic carbocycles. The van der Waals surface area contributed by atoms with Gasteiger partial charge >= 0.3 is 0 Å². The molecule has 0 saturated carbocycles. The number of aryl methyl sites for hydroxylation is 1. The van der Waals surface area contributed by atoms with Gasteiger partial charge in [-0.2, -0.15) is 0 Å². The number of nitrogens with one attached hydrogen (secondary N) is 1. The molecule has 0 radical (unpaired) electrons. The first-order valence-corrected chi connectivity index (χ1v) is 10.1. The van der Waals surface area contributed by atoms with Gasteiger partial charge in [0.2, 0.25) is 0 Å². The summed E-state index contributed by atoms with van der Waals surface area (Å²) in [5, 5.41) is 0.637. The van der Waals surface area contributed by atoms with Crippen LogP contribution in [0.4, 0.5) is 0 Å². The van der Waals surface area contributed by atoms with Crippen molar-refractivity contribution in [3.63, 3.8) is 0 Å². The van der Waals surface area contributed by atoms with Crippen molar-refractivity contribution < 1.29 is 0 Å². The summed E-state index contributed by atoms with van der Waals surface area (Å²) < 4.78 is 1.60. The molecule has 4 rings (SSSR count). The Morgan fingerprint density at radius 2 is 1.79 bits per heavy atom. The van der Waals surface area contributed by atoms with Crippen LogP contribution >= 0.6 is 11.6 Å². The first-order valence-electron chi connectivity index (χ1n) is 9.76. The summed E-state index contributed by atoms with van der Waals surface area (Å²) in [6.45, 7) is 6.78. The highest BCUT2D eigenvalue weighted by Crippen LogP contribution is 2.25. The Morgan fingerprint density at radius 3 is 2.52 bits per heavy atom. The second-order valence-corrected chi connectivity index (χ2v) is 9.04. The molecule has 0 bridgehead atoms. The van der Waals surface area contributed by atoms with Gasteiger partial charge in [-0.15, -0.1) is 0 Å². The lowest BCUT2D eigenvalue weighted by Crippen LogP contribution is -2.16. The number of fused-ring (bicyclic) bond motifs is 1. The predicted octanol–water partition coefficient (Wildman–Crippen LogP) is 6.01. The number of rotatable bonds is 4. The van der Waals surface area contributed by atoms with Crippen molar-refractivity contribution >= 4 is 22.6 Å². The van der Waals surface area contributed by atoms with Crippen LogP contribution in [-0.4, -0.2) is 14.5 Å². The molecule has 0 aliphatic rings. The number of hydrogen-bond acceptors (Lipinski definition) is 2. The molecule has 4 nitrogen and oxygen atoms in total. The third-order valence-electron chi connectivity index (χ3n) is 5.00. The fourth-order valence-corrected chi connectivity index (χ4v) is 3.42. The smallest absolute Gasteiger partial charge is 0.255 e. The van der Waals surface area contributed by atoms with Crippen LogP contribution in [0.3, 0.4) is 0 Å². The molecule has 29 heavy (non-hydrogen) atoms. The summed E-state index contributed by atoms with van der Waals surface area (Å²) in [4.78, 5) is 20.5. The monoisotopic (exact) mass is 405 g/mol. The number of pyridine rings is 1. The SMILES string of the molecule is CC(C)(C)CCc1ccc2nc(-c3ccc(=O)n(-c4ccc(Cl)cc4)c3)[nH]c2c1. The van der Waals surface area contributed by atoms with Crippen LogP contribution in [0.1, 0.15) is 32.8 Å². The minimum absolute atomic E-state index is 0.100. The van der Waals surface area contributed by atoms with Gasteiger partial charge in [-0.05, 0) is 66.3 Å². The molecule has 5 heteroatoms. The molecule has 0 saturated heterocycles. The molecular formula is C24H24ClN3O. The van der Waals surface area contributed by atoms with Crippen molar-refractivity contribution in [3.05, 3.63) is 81.7 Å². The average Bonchev–Trinajstić information content (AvgIpc) is 3.10. The molecule has 0 fully saturated rings. The maximum atomic E-state index is 12.4. The van der Waals surface area contributed by atoms with Gasteiger partial charge in [-0.25, -0.2) is 4.98 Å². The van der Waals surface area contributed by atoms with E-state index < -0.39 is 0 Å². The van der Waals surface area contributed by atoms with Crippen LogP contribution < -0.4 is 5.56 Å². The highest BCUT2D eigenvalue weighted by molar-refractivity contribution is 6.30. The van der Waals surface area contributed by atoms with Crippen molar-refractivity contribution in [2.24, 2.45) is 5.41 Å². The molecule has 0 amide bonds. The van der Waals surface area contributed by atoms with E-state index in [2.05, 4.69) is 44.0 Å². The van der Waals surface area contributed by atoms with E-state index in [-0.39, 0.29) is 5.56 Å². The first-order chi connectivity index (χ1) is 13.8. The minimum Gasteiger partial charge on any atom is -0.338 e. The second kappa shape index (κ2) is 7.53. The lowest BCUT2D eigenvalue weighted by Gasteiger charge is -2.17. The Balaban J connectivity index is 1.68. The van der Waals surface area contributed by atoms with Gasteiger partial charge in [-0.3, -0.25) is 9.36 Å². The van der Waals surface area contributed by atoms with Gasteiger partial charge in [-0.1, -0.05) is 38.4 Å². The Labute approximate surface area is 175 Å². The predicted molar refractivity (Wildman–Crippen MR) is 120 cm³/mol. The molecule has 0 aliphatic heterocycles. The molecule has 0 atom stereocenters. The molecule has 2 heterocycles. The zero-order valence-corrected chi connectivity index (χ0v) is 17.6. The third-order valence-corrected chi connectivity index (χ3v) is 5.25. The number of halogens is 1. The van der Waals surface area contributed by atoms with Gasteiger partial charge < -0.3 is 4.98 Å². The number of aromatic nitrogens is 3. The van der Waals surface area contributed by atoms with Crippen LogP contribution in [0.5, 0.6) is 0 Å². The van der Waals surface area contributed by atoms with E-state index in [0.29, 0.717) is 10.4 Å². The summed E-state index contributed by atoms with van der Waals surface area (Å²) in [5.41, 5.74) is 5.06. The molecule has 0 spiro atoms. The van der Waals surface area contributed by atoms with Gasteiger partial charge in [0.05, 0.1) is 11.0 Å². The summed E-state index contributed by atoms with van der Waals surface area (Å²) in [6, 6.07) is 16.9. The highest BCUT2D eigenvalue weighted by atomic mass is 35.5. The molecular weight excluding hydrogens is 382 g/mol. The third kappa shape index (κ3) is 4.43. The van der Waals surface area contributed by atoms with E-state index in [0.717, 1.165) is 41.0 Å². The number of benzene rings is 2. The molecule has 1 N–H and O–H groups in total. The van der Waals surface area contributed by atoms with E-state index >= 15 is 0 Å². The van der Waals surface area contributed by atoms with E-state index in [1.54, 1.807) is 28.8 Å². The van der Waals surface area contributed by atoms with E-state index in [4.69, 9.17) is 16.6 Å². The summed E-state index contributed by atoms with van der Waals surface area (Å²) >= 11 is 5.97. The quantitative estimate of drug-likeness (QED) is 0.451. The highest BCUT2D eigenvalue weighted by Gasteiger charge is 2.12. The van der Waals surface area contributed by atoms with Crippen molar-refractivity contribution in [3.8, 4) is 17.1 Å². The molecule has 0 unspecified atom stereocenters. The Morgan fingerprint density at radius 1 is 1.03 bits per heavy atom. The summed E-state index contributed by atoms with van der Waals surface area (Å²) in [7, 11) is 0. The summed E-state index contributed by atoms with van der Waals surface area (Å²) in [5.74, 6) is 0.746. The maximum Gasteiger partial charge on any atom is 0.255 e. The Kier molecular flexibility index (Phi) is 5.05. The lowest BCUT2D eigenvalue weighted by molar-refractivity contribution is 0.378. The lowest BCUT2D eigenvalue weighted by atomic mass is 9.89. The Bertz CT molecular complexity index is 1210. The number of H-pyrrole nitrogens is 1. The molecule has 2 aromatic heterocycles. The van der Waals surface area contributed by atoms with Crippen LogP contribution in [0, 0.1) is 5.41 Å². The van der Waals surface area contributed by atoms with E-state index in [9.17, 15) is 4.79 Å². The van der Waals surface area contributed by atoms with E-state index in [1.165, 1.54) is 5.56 Å². The second-order valence-electron chi connectivity index (χ2n) is 8.60. The zero-order chi connectivity index (χ0) is 20.6. The number of nitrogens with zero attached hydrogens (tertiary/aromatic N) is 2. The van der Waals surface area contributed by atoms with Crippen LogP contribution in [0.25, 0.3) is 28.1 Å². The zero-order valence-electron chi connectivity index (χ0n) is 16.9. The molecule has 4 aromatic rings. The van der Waals surface area contributed by atoms with Gasteiger partial charge in [0.15, 0.2) is 0 Å². The van der Waals surface area contributed by atoms with Crippen LogP contribution in [0.15, 0.2) is 65.6 Å². The summed E-state index contributed by atoms with van der Waals surface area (Å²) in [6.07, 6.45) is 3.98. The minimum atomic E-state index is -0.100. The fourth-order valence-electron chi connectivity index (χ4n) is 3.30. The normalized spacial score (nSPS) is 11.9. The van der Waals surface area contributed by atoms with Gasteiger partial charge in [0, 0.05) is 28.5 Å². The fraction of sp³-hybridized carbons (Fsp3) is 0.250. The van der Waals surface area contributed by atoms with E-state index in [1.807, 2.05) is 18.3 Å². The number of imidazole rings is 1. The van der Waals surface area contributed by atoms with Gasteiger partial charge in [0.1, 0.15) is 5.82 Å². The number of aromatic amines is 1. The largest absolute Gasteiger partial charge is 0.338 e. The van der Waals surface area contributed by atoms with Crippen molar-refractivity contribution in [2.45, 2.75) is 33.6 Å². The number of hydrogen-bond donors (Lipinski definition) is 1. The van der Waals surface area contributed by atoms with Crippen molar-refractivity contribution in [1.29, 1.82) is 0 Å². The molecule has 148 valence electrons. The van der Waals surface area contributed by atoms with Gasteiger partial charge in [0.25, 0.3) is 5.56 Å². The topological polar surface area (TPSA) is 50.7 Å². The maximum absolute atomic E-state index is 12.4. The van der Waals surface area contributed by atoms with Crippen molar-refractivity contribution in [2.75, 3.05) is 0 Å². The first kappa shape index (κ1) is 19.5. The van der Waals surface area contributed by atoms with Crippen LogP contribution in [-0.2, 0) is 6.42 Å². The van der Waals surface area contributed by atoms with Crippen molar-refractivity contribution in [1.82, 2.24) is 14.5 Å². The average molecular weight is 406 g/mol. The van der Waals surface area contributed by atoms with Crippen LogP contribution in [0.2, 0.25) is 5.02 Å². The molecule has 0 aliphatic carbocycles. The Hall–Kier alpha value is -2.85.